The molecular formula is C21H25FN2O5S. The number of anilines is 1. The van der Waals surface area contributed by atoms with E-state index in [1.54, 1.807) is 6.07 Å². The molecule has 0 aliphatic carbocycles. The minimum Gasteiger partial charge on any atom is -0.478 e. The Kier molecular flexibility index (Phi) is 6.74. The molecule has 0 radical (unpaired) electrons. The monoisotopic (exact) mass is 436 g/mol. The Hall–Kier alpha value is -2.49. The summed E-state index contributed by atoms with van der Waals surface area (Å²) in [4.78, 5) is 12.5. The van der Waals surface area contributed by atoms with Crippen molar-refractivity contribution >= 4 is 21.6 Å². The number of sulfonamides is 1. The van der Waals surface area contributed by atoms with Crippen molar-refractivity contribution < 1.29 is 27.1 Å². The van der Waals surface area contributed by atoms with E-state index in [0.29, 0.717) is 5.69 Å². The third-order valence-electron chi connectivity index (χ3n) is 4.66. The van der Waals surface area contributed by atoms with Gasteiger partial charge in [-0.2, -0.15) is 4.31 Å². The van der Waals surface area contributed by atoms with Gasteiger partial charge < -0.3 is 14.8 Å². The zero-order chi connectivity index (χ0) is 21.9. The summed E-state index contributed by atoms with van der Waals surface area (Å²) in [5.41, 5.74) is 0.409. The van der Waals surface area contributed by atoms with Crippen LogP contribution in [0.2, 0.25) is 0 Å². The van der Waals surface area contributed by atoms with Crippen molar-refractivity contribution in [3.05, 3.63) is 54.3 Å². The lowest BCUT2D eigenvalue weighted by Crippen LogP contribution is -2.48. The van der Waals surface area contributed by atoms with Gasteiger partial charge in [0, 0.05) is 18.8 Å². The number of benzene rings is 2. The van der Waals surface area contributed by atoms with Gasteiger partial charge in [-0.3, -0.25) is 4.79 Å². The zero-order valence-corrected chi connectivity index (χ0v) is 17.9. The Morgan fingerprint density at radius 3 is 2.33 bits per heavy atom. The van der Waals surface area contributed by atoms with Crippen molar-refractivity contribution in [2.24, 2.45) is 0 Å². The molecule has 1 amide bonds. The average molecular weight is 437 g/mol. The van der Waals surface area contributed by atoms with Crippen molar-refractivity contribution in [1.29, 1.82) is 0 Å². The normalized spacial score (nSPS) is 21.1. The minimum atomic E-state index is -3.66. The second kappa shape index (κ2) is 9.11. The molecule has 3 unspecified atom stereocenters. The highest BCUT2D eigenvalue weighted by Crippen LogP contribution is 2.23. The maximum Gasteiger partial charge on any atom is 0.265 e. The SMILES string of the molecule is CC1CN(S(=O)(=O)c2ccc(NC(=O)C(C)Oc3ccccc3F)cc2)CC(C)O1. The summed E-state index contributed by atoms with van der Waals surface area (Å²) < 4.78 is 51.8. The maximum absolute atomic E-state index is 13.7. The molecule has 1 aliphatic rings. The van der Waals surface area contributed by atoms with Gasteiger partial charge in [0.2, 0.25) is 10.0 Å². The van der Waals surface area contributed by atoms with E-state index in [9.17, 15) is 17.6 Å². The fourth-order valence-corrected chi connectivity index (χ4v) is 4.80. The Morgan fingerprint density at radius 1 is 1.13 bits per heavy atom. The molecule has 0 aromatic heterocycles. The smallest absolute Gasteiger partial charge is 0.265 e. The number of hydrogen-bond acceptors (Lipinski definition) is 5. The number of carbonyl (C=O) groups is 1. The fraction of sp³-hybridized carbons (Fsp3) is 0.381. The van der Waals surface area contributed by atoms with Gasteiger partial charge in [-0.15, -0.1) is 0 Å². The number of carbonyl (C=O) groups excluding carboxylic acids is 1. The van der Waals surface area contributed by atoms with Crippen molar-refractivity contribution in [2.75, 3.05) is 18.4 Å². The van der Waals surface area contributed by atoms with Crippen LogP contribution in [0.5, 0.6) is 5.75 Å². The van der Waals surface area contributed by atoms with Crippen LogP contribution in [0.15, 0.2) is 53.4 Å². The minimum absolute atomic E-state index is 0.0180. The lowest BCUT2D eigenvalue weighted by atomic mass is 10.3. The molecule has 7 nitrogen and oxygen atoms in total. The van der Waals surface area contributed by atoms with Gasteiger partial charge in [0.15, 0.2) is 17.7 Å². The molecule has 2 aromatic rings. The Balaban J connectivity index is 1.65. The third kappa shape index (κ3) is 5.16. The van der Waals surface area contributed by atoms with Crippen LogP contribution in [0.4, 0.5) is 10.1 Å². The lowest BCUT2D eigenvalue weighted by molar-refractivity contribution is -0.122. The quantitative estimate of drug-likeness (QED) is 0.753. The molecule has 1 N–H and O–H groups in total. The Bertz CT molecular complexity index is 987. The summed E-state index contributed by atoms with van der Waals surface area (Å²) in [5.74, 6) is -1.06. The molecule has 30 heavy (non-hydrogen) atoms. The number of amides is 1. The fourth-order valence-electron chi connectivity index (χ4n) is 3.21. The molecule has 1 aliphatic heterocycles. The van der Waals surface area contributed by atoms with Crippen molar-refractivity contribution in [2.45, 2.75) is 44.0 Å². The molecule has 2 aromatic carbocycles. The van der Waals surface area contributed by atoms with Crippen LogP contribution in [-0.4, -0.2) is 50.0 Å². The molecule has 1 fully saturated rings. The summed E-state index contributed by atoms with van der Waals surface area (Å²) in [5, 5.41) is 2.64. The van der Waals surface area contributed by atoms with E-state index in [4.69, 9.17) is 9.47 Å². The maximum atomic E-state index is 13.7. The molecule has 0 bridgehead atoms. The number of para-hydroxylation sites is 1. The van der Waals surface area contributed by atoms with Crippen LogP contribution in [0.25, 0.3) is 0 Å². The molecule has 3 atom stereocenters. The van der Waals surface area contributed by atoms with Gasteiger partial charge in [0.25, 0.3) is 5.91 Å². The molecule has 1 heterocycles. The number of nitrogens with zero attached hydrogens (tertiary/aromatic N) is 1. The first-order chi connectivity index (χ1) is 14.2. The Labute approximate surface area is 175 Å². The van der Waals surface area contributed by atoms with Crippen LogP contribution in [-0.2, 0) is 19.6 Å². The van der Waals surface area contributed by atoms with Crippen molar-refractivity contribution in [1.82, 2.24) is 4.31 Å². The molecule has 9 heteroatoms. The van der Waals surface area contributed by atoms with E-state index < -0.39 is 27.9 Å². The summed E-state index contributed by atoms with van der Waals surface area (Å²) in [6, 6.07) is 11.7. The number of morpholine rings is 1. The first-order valence-corrected chi connectivity index (χ1v) is 11.1. The number of nitrogens with one attached hydrogen (secondary N) is 1. The molecule has 3 rings (SSSR count). The largest absolute Gasteiger partial charge is 0.478 e. The second-order valence-corrected chi connectivity index (χ2v) is 9.22. The van der Waals surface area contributed by atoms with E-state index in [1.165, 1.54) is 53.7 Å². The van der Waals surface area contributed by atoms with Crippen LogP contribution in [0.1, 0.15) is 20.8 Å². The molecule has 0 spiro atoms. The van der Waals surface area contributed by atoms with Crippen molar-refractivity contribution in [3.8, 4) is 5.75 Å². The van der Waals surface area contributed by atoms with Crippen LogP contribution in [0, 0.1) is 5.82 Å². The summed E-state index contributed by atoms with van der Waals surface area (Å²) in [6.07, 6.45) is -1.31. The van der Waals surface area contributed by atoms with Gasteiger partial charge in [-0.05, 0) is 57.2 Å². The standard InChI is InChI=1S/C21H25FN2O5S/c1-14-12-24(13-15(2)28-14)30(26,27)18-10-8-17(9-11-18)23-21(25)16(3)29-20-7-5-4-6-19(20)22/h4-11,14-16H,12-13H2,1-3H3,(H,23,25). The lowest BCUT2D eigenvalue weighted by Gasteiger charge is -2.34. The molecule has 1 saturated heterocycles. The van der Waals surface area contributed by atoms with Crippen LogP contribution in [0.3, 0.4) is 0 Å². The predicted molar refractivity (Wildman–Crippen MR) is 110 cm³/mol. The molecule has 0 saturated carbocycles. The summed E-state index contributed by atoms with van der Waals surface area (Å²) >= 11 is 0. The van der Waals surface area contributed by atoms with Gasteiger partial charge >= 0.3 is 0 Å². The van der Waals surface area contributed by atoms with E-state index in [0.717, 1.165) is 0 Å². The van der Waals surface area contributed by atoms with Gasteiger partial charge in [0.1, 0.15) is 0 Å². The second-order valence-electron chi connectivity index (χ2n) is 7.28. The van der Waals surface area contributed by atoms with Gasteiger partial charge in [-0.1, -0.05) is 12.1 Å². The van der Waals surface area contributed by atoms with Gasteiger partial charge in [0.05, 0.1) is 17.1 Å². The summed E-state index contributed by atoms with van der Waals surface area (Å²) in [6.45, 7) is 5.75. The topological polar surface area (TPSA) is 84.9 Å². The number of ether oxygens (including phenoxy) is 2. The summed E-state index contributed by atoms with van der Waals surface area (Å²) in [7, 11) is -3.66. The highest BCUT2D eigenvalue weighted by Gasteiger charge is 2.32. The van der Waals surface area contributed by atoms with Gasteiger partial charge in [-0.25, -0.2) is 12.8 Å². The third-order valence-corrected chi connectivity index (χ3v) is 6.50. The molecular weight excluding hydrogens is 411 g/mol. The van der Waals surface area contributed by atoms with E-state index >= 15 is 0 Å². The van der Waals surface area contributed by atoms with E-state index in [2.05, 4.69) is 5.32 Å². The zero-order valence-electron chi connectivity index (χ0n) is 17.0. The first-order valence-electron chi connectivity index (χ1n) is 9.64. The highest BCUT2D eigenvalue weighted by molar-refractivity contribution is 7.89. The van der Waals surface area contributed by atoms with E-state index in [-0.39, 0.29) is 35.9 Å². The number of rotatable bonds is 6. The highest BCUT2D eigenvalue weighted by atomic mass is 32.2. The van der Waals surface area contributed by atoms with Crippen LogP contribution >= 0.6 is 0 Å². The first kappa shape index (κ1) is 22.2. The molecule has 162 valence electrons. The van der Waals surface area contributed by atoms with E-state index in [1.807, 2.05) is 13.8 Å². The number of hydrogen-bond donors (Lipinski definition) is 1. The van der Waals surface area contributed by atoms with Crippen LogP contribution < -0.4 is 10.1 Å². The average Bonchev–Trinajstić information content (AvgIpc) is 2.69. The number of halogens is 1. The van der Waals surface area contributed by atoms with Crippen molar-refractivity contribution in [3.63, 3.8) is 0 Å². The predicted octanol–water partition coefficient (Wildman–Crippen LogP) is 3.03. The Morgan fingerprint density at radius 2 is 1.73 bits per heavy atom.